The number of carbonyl (C=O) groups is 1. The molecule has 0 radical (unpaired) electrons. The fourth-order valence-corrected chi connectivity index (χ4v) is 2.29. The summed E-state index contributed by atoms with van der Waals surface area (Å²) in [6, 6.07) is 0. The normalized spacial score (nSPS) is 35.1. The smallest absolute Gasteiger partial charge is 0.331 e. The van der Waals surface area contributed by atoms with Gasteiger partial charge < -0.3 is 5.11 Å². The third-order valence-electron chi connectivity index (χ3n) is 2.90. The van der Waals surface area contributed by atoms with Crippen molar-refractivity contribution in [2.24, 2.45) is 11.8 Å². The summed E-state index contributed by atoms with van der Waals surface area (Å²) in [5, 5.41) is 8.79. The number of fused-ring (bicyclic) bond motifs is 2. The number of carboxylic acid groups (broad SMARTS) is 1. The van der Waals surface area contributed by atoms with Crippen molar-refractivity contribution in [3.63, 3.8) is 0 Å². The van der Waals surface area contributed by atoms with Crippen molar-refractivity contribution in [1.82, 2.24) is 0 Å². The molecule has 1 saturated carbocycles. The van der Waals surface area contributed by atoms with Crippen LogP contribution < -0.4 is 0 Å². The average Bonchev–Trinajstić information content (AvgIpc) is 2.32. The molecular formula is C9H12O2. The summed E-state index contributed by atoms with van der Waals surface area (Å²) in [4.78, 5) is 10.7. The molecule has 2 atom stereocenters. The van der Waals surface area contributed by atoms with Gasteiger partial charge >= 0.3 is 5.97 Å². The van der Waals surface area contributed by atoms with Gasteiger partial charge in [0.2, 0.25) is 0 Å². The van der Waals surface area contributed by atoms with E-state index in [9.17, 15) is 4.79 Å². The Hall–Kier alpha value is -0.790. The van der Waals surface area contributed by atoms with Gasteiger partial charge in [0.25, 0.3) is 0 Å². The van der Waals surface area contributed by atoms with Gasteiger partial charge in [-0.25, -0.2) is 4.79 Å². The van der Waals surface area contributed by atoms with E-state index in [-0.39, 0.29) is 0 Å². The lowest BCUT2D eigenvalue weighted by atomic mass is 9.89. The van der Waals surface area contributed by atoms with E-state index in [4.69, 9.17) is 5.11 Å². The minimum atomic E-state index is -0.699. The first-order valence-electron chi connectivity index (χ1n) is 4.20. The Balaban J connectivity index is 2.21. The van der Waals surface area contributed by atoms with Crippen molar-refractivity contribution < 1.29 is 9.90 Å². The van der Waals surface area contributed by atoms with Crippen LogP contribution in [0.15, 0.2) is 11.6 Å². The first-order valence-corrected chi connectivity index (χ1v) is 4.20. The van der Waals surface area contributed by atoms with E-state index in [1.807, 2.05) is 6.08 Å². The zero-order valence-corrected chi connectivity index (χ0v) is 6.42. The Morgan fingerprint density at radius 1 is 1.55 bits per heavy atom. The summed E-state index contributed by atoms with van der Waals surface area (Å²) in [5.41, 5.74) is 0.679. The van der Waals surface area contributed by atoms with E-state index < -0.39 is 5.97 Å². The SMILES string of the molecule is O=C(O)C1=CC[C@H]2CC[C@@H]1C2. The van der Waals surface area contributed by atoms with Gasteiger partial charge in [-0.1, -0.05) is 6.08 Å². The molecular weight excluding hydrogens is 140 g/mol. The number of hydrogen-bond acceptors (Lipinski definition) is 1. The molecule has 0 aromatic carbocycles. The first kappa shape index (κ1) is 6.89. The Bertz CT molecular complexity index is 218. The van der Waals surface area contributed by atoms with E-state index in [1.165, 1.54) is 6.42 Å². The van der Waals surface area contributed by atoms with Crippen LogP contribution in [0.2, 0.25) is 0 Å². The molecule has 0 aromatic rings. The van der Waals surface area contributed by atoms with E-state index in [0.29, 0.717) is 11.5 Å². The lowest BCUT2D eigenvalue weighted by Crippen LogP contribution is -2.13. The Labute approximate surface area is 65.9 Å². The van der Waals surface area contributed by atoms with Gasteiger partial charge in [0.05, 0.1) is 0 Å². The predicted molar refractivity (Wildman–Crippen MR) is 41.2 cm³/mol. The zero-order valence-electron chi connectivity index (χ0n) is 6.42. The van der Waals surface area contributed by atoms with Gasteiger partial charge in [-0.05, 0) is 37.5 Å². The molecule has 2 heteroatoms. The standard InChI is InChI=1S/C9H12O2/c10-9(11)8-4-2-6-1-3-7(8)5-6/h4,6-7H,1-3,5H2,(H,10,11)/t6-,7-/m1/s1. The molecule has 2 rings (SSSR count). The van der Waals surface area contributed by atoms with Crippen LogP contribution in [0.4, 0.5) is 0 Å². The van der Waals surface area contributed by atoms with Gasteiger partial charge in [0.15, 0.2) is 0 Å². The summed E-state index contributed by atoms with van der Waals surface area (Å²) in [6.45, 7) is 0. The summed E-state index contributed by atoms with van der Waals surface area (Å²) in [5.74, 6) is 0.477. The van der Waals surface area contributed by atoms with Crippen LogP contribution in [0, 0.1) is 11.8 Å². The fraction of sp³-hybridized carbons (Fsp3) is 0.667. The third-order valence-corrected chi connectivity index (χ3v) is 2.90. The molecule has 0 aromatic heterocycles. The highest BCUT2D eigenvalue weighted by Crippen LogP contribution is 2.41. The second-order valence-corrected chi connectivity index (χ2v) is 3.58. The van der Waals surface area contributed by atoms with Crippen molar-refractivity contribution in [3.8, 4) is 0 Å². The van der Waals surface area contributed by atoms with Gasteiger partial charge in [0.1, 0.15) is 0 Å². The average molecular weight is 152 g/mol. The summed E-state index contributed by atoms with van der Waals surface area (Å²) < 4.78 is 0. The van der Waals surface area contributed by atoms with Gasteiger partial charge in [-0.3, -0.25) is 0 Å². The van der Waals surface area contributed by atoms with E-state index >= 15 is 0 Å². The maximum Gasteiger partial charge on any atom is 0.331 e. The summed E-state index contributed by atoms with van der Waals surface area (Å²) >= 11 is 0. The quantitative estimate of drug-likeness (QED) is 0.622. The monoisotopic (exact) mass is 152 g/mol. The van der Waals surface area contributed by atoms with Crippen molar-refractivity contribution in [3.05, 3.63) is 11.6 Å². The summed E-state index contributed by atoms with van der Waals surface area (Å²) in [6.07, 6.45) is 6.38. The molecule has 0 unspecified atom stereocenters. The lowest BCUT2D eigenvalue weighted by Gasteiger charge is -2.16. The second-order valence-electron chi connectivity index (χ2n) is 3.58. The topological polar surface area (TPSA) is 37.3 Å². The molecule has 0 saturated heterocycles. The van der Waals surface area contributed by atoms with Crippen molar-refractivity contribution in [2.45, 2.75) is 25.7 Å². The number of rotatable bonds is 1. The van der Waals surface area contributed by atoms with Crippen molar-refractivity contribution in [2.75, 3.05) is 0 Å². The molecule has 2 aliphatic rings. The highest BCUT2D eigenvalue weighted by molar-refractivity contribution is 5.87. The molecule has 1 N–H and O–H groups in total. The highest BCUT2D eigenvalue weighted by atomic mass is 16.4. The molecule has 0 amide bonds. The minimum Gasteiger partial charge on any atom is -0.478 e. The number of carboxylic acids is 1. The Morgan fingerprint density at radius 2 is 2.36 bits per heavy atom. The van der Waals surface area contributed by atoms with Crippen LogP contribution in [0.25, 0.3) is 0 Å². The molecule has 1 fully saturated rings. The van der Waals surface area contributed by atoms with Crippen LogP contribution in [-0.2, 0) is 4.79 Å². The molecule has 11 heavy (non-hydrogen) atoms. The van der Waals surface area contributed by atoms with Crippen LogP contribution >= 0.6 is 0 Å². The molecule has 60 valence electrons. The van der Waals surface area contributed by atoms with Gasteiger partial charge in [-0.15, -0.1) is 0 Å². The molecule has 0 heterocycles. The largest absolute Gasteiger partial charge is 0.478 e. The van der Waals surface area contributed by atoms with E-state index in [2.05, 4.69) is 0 Å². The van der Waals surface area contributed by atoms with Crippen molar-refractivity contribution >= 4 is 5.97 Å². The maximum absolute atomic E-state index is 10.7. The molecule has 0 aliphatic heterocycles. The zero-order chi connectivity index (χ0) is 7.84. The molecule has 2 nitrogen and oxygen atoms in total. The van der Waals surface area contributed by atoms with E-state index in [1.54, 1.807) is 0 Å². The van der Waals surface area contributed by atoms with Crippen molar-refractivity contribution in [1.29, 1.82) is 0 Å². The Kier molecular flexibility index (Phi) is 1.48. The highest BCUT2D eigenvalue weighted by Gasteiger charge is 2.33. The van der Waals surface area contributed by atoms with Crippen LogP contribution in [0.3, 0.4) is 0 Å². The number of allylic oxidation sites excluding steroid dienone is 1. The van der Waals surface area contributed by atoms with Crippen LogP contribution in [0.5, 0.6) is 0 Å². The van der Waals surface area contributed by atoms with Crippen LogP contribution in [-0.4, -0.2) is 11.1 Å². The third kappa shape index (κ3) is 1.06. The molecule has 2 bridgehead atoms. The van der Waals surface area contributed by atoms with Gasteiger partial charge in [-0.2, -0.15) is 0 Å². The predicted octanol–water partition coefficient (Wildman–Crippen LogP) is 1.82. The molecule has 0 spiro atoms. The fourth-order valence-electron chi connectivity index (χ4n) is 2.29. The number of hydrogen-bond donors (Lipinski definition) is 1. The lowest BCUT2D eigenvalue weighted by molar-refractivity contribution is -0.133. The minimum absolute atomic E-state index is 0.381. The first-order chi connectivity index (χ1) is 5.27. The number of aliphatic carboxylic acids is 1. The molecule has 2 aliphatic carbocycles. The summed E-state index contributed by atoms with van der Waals surface area (Å²) in [7, 11) is 0. The van der Waals surface area contributed by atoms with Crippen LogP contribution in [0.1, 0.15) is 25.7 Å². The Morgan fingerprint density at radius 3 is 3.09 bits per heavy atom. The maximum atomic E-state index is 10.7. The van der Waals surface area contributed by atoms with E-state index in [0.717, 1.165) is 25.2 Å². The second kappa shape index (κ2) is 2.36. The van der Waals surface area contributed by atoms with Gasteiger partial charge in [0, 0.05) is 5.57 Å².